The van der Waals surface area contributed by atoms with E-state index in [4.69, 9.17) is 18.5 Å². The van der Waals surface area contributed by atoms with Gasteiger partial charge in [0.2, 0.25) is 5.91 Å². The molecule has 0 aromatic carbocycles. The highest BCUT2D eigenvalue weighted by atomic mass is 31.2. The minimum Gasteiger partial charge on any atom is -0.462 e. The maximum absolute atomic E-state index is 12.6. The van der Waals surface area contributed by atoms with Gasteiger partial charge in [-0.2, -0.15) is 0 Å². The summed E-state index contributed by atoms with van der Waals surface area (Å²) >= 11 is 0. The van der Waals surface area contributed by atoms with Crippen LogP contribution in [0.25, 0.3) is 0 Å². The summed E-state index contributed by atoms with van der Waals surface area (Å²) in [5.41, 5.74) is 0. The van der Waals surface area contributed by atoms with Gasteiger partial charge in [0.15, 0.2) is 6.10 Å². The number of unbranched alkanes of at least 4 members (excludes halogenated alkanes) is 22. The molecule has 1 amide bonds. The molecular weight excluding hydrogens is 705 g/mol. The normalized spacial score (nSPS) is 13.3. The molecule has 0 radical (unpaired) electrons. The van der Waals surface area contributed by atoms with E-state index in [1.165, 1.54) is 96.8 Å². The number of esters is 2. The van der Waals surface area contributed by atoms with E-state index in [2.05, 4.69) is 43.5 Å². The quantitative estimate of drug-likeness (QED) is 0.0269. The molecule has 0 aliphatic rings. The van der Waals surface area contributed by atoms with Crippen molar-refractivity contribution < 1.29 is 42.4 Å². The lowest BCUT2D eigenvalue weighted by atomic mass is 10.1. The molecule has 0 aromatic heterocycles. The molecule has 0 aliphatic heterocycles. The Labute approximate surface area is 330 Å². The first-order chi connectivity index (χ1) is 26.2. The maximum atomic E-state index is 12.6. The van der Waals surface area contributed by atoms with Gasteiger partial charge < -0.3 is 19.7 Å². The van der Waals surface area contributed by atoms with E-state index in [0.29, 0.717) is 12.8 Å². The Morgan fingerprint density at radius 2 is 0.981 bits per heavy atom. The standard InChI is InChI=1S/C43H80NO9P/c1-4-6-8-10-12-14-16-18-20-22-24-26-28-30-32-34-42(46)50-38-41(39-52-54(48,49)51-37-36-44-40(3)45)53-43(47)35-33-31-29-27-25-23-21-19-17-15-13-11-9-7-5-2/h18-21,41H,4-17,22-39H2,1-3H3,(H,44,45)(H,48,49)/b20-18-,21-19-. The molecule has 0 heterocycles. The zero-order valence-corrected chi connectivity index (χ0v) is 35.6. The predicted octanol–water partition coefficient (Wildman–Crippen LogP) is 11.8. The number of ether oxygens (including phenoxy) is 2. The summed E-state index contributed by atoms with van der Waals surface area (Å²) < 4.78 is 33.1. The van der Waals surface area contributed by atoms with Gasteiger partial charge in [-0.05, 0) is 64.2 Å². The molecule has 0 fully saturated rings. The highest BCUT2D eigenvalue weighted by molar-refractivity contribution is 7.47. The SMILES string of the molecule is CCCCCCCC/C=C\CCCCCCCC(=O)OCC(COP(=O)(O)OCCNC(C)=O)OC(=O)CCCCCCC/C=C\CCCCCCCC. The third-order valence-electron chi connectivity index (χ3n) is 9.17. The van der Waals surface area contributed by atoms with Gasteiger partial charge in [-0.1, -0.05) is 141 Å². The van der Waals surface area contributed by atoms with Gasteiger partial charge in [0.1, 0.15) is 6.61 Å². The van der Waals surface area contributed by atoms with Crippen LogP contribution in [0, 0.1) is 0 Å². The van der Waals surface area contributed by atoms with Crippen molar-refractivity contribution in [2.75, 3.05) is 26.4 Å². The highest BCUT2D eigenvalue weighted by Crippen LogP contribution is 2.43. The maximum Gasteiger partial charge on any atom is 0.472 e. The van der Waals surface area contributed by atoms with Crippen molar-refractivity contribution in [3.63, 3.8) is 0 Å². The summed E-state index contributed by atoms with van der Waals surface area (Å²) in [5, 5.41) is 2.46. The van der Waals surface area contributed by atoms with E-state index >= 15 is 0 Å². The molecule has 0 spiro atoms. The van der Waals surface area contributed by atoms with Crippen LogP contribution in [0.1, 0.15) is 201 Å². The Kier molecular flexibility index (Phi) is 37.8. The topological polar surface area (TPSA) is 137 Å². The Balaban J connectivity index is 4.36. The minimum absolute atomic E-state index is 0.0333. The van der Waals surface area contributed by atoms with Gasteiger partial charge in [0.05, 0.1) is 13.2 Å². The molecule has 2 atom stereocenters. The van der Waals surface area contributed by atoms with Crippen molar-refractivity contribution in [3.8, 4) is 0 Å². The van der Waals surface area contributed by atoms with Crippen molar-refractivity contribution in [2.45, 2.75) is 207 Å². The molecule has 2 N–H and O–H groups in total. The van der Waals surface area contributed by atoms with Crippen LogP contribution in [-0.2, 0) is 37.5 Å². The van der Waals surface area contributed by atoms with Gasteiger partial charge in [-0.25, -0.2) is 4.57 Å². The second-order valence-electron chi connectivity index (χ2n) is 14.5. The van der Waals surface area contributed by atoms with E-state index in [1.807, 2.05) is 0 Å². The fourth-order valence-electron chi connectivity index (χ4n) is 5.90. The van der Waals surface area contributed by atoms with Crippen LogP contribution in [-0.4, -0.2) is 55.2 Å². The molecule has 0 aliphatic carbocycles. The highest BCUT2D eigenvalue weighted by Gasteiger charge is 2.26. The number of phosphoric ester groups is 1. The largest absolute Gasteiger partial charge is 0.472 e. The second kappa shape index (κ2) is 39.2. The number of hydrogen-bond acceptors (Lipinski definition) is 8. The number of carbonyl (C=O) groups is 3. The van der Waals surface area contributed by atoms with E-state index in [1.54, 1.807) is 0 Å². The molecule has 0 saturated carbocycles. The smallest absolute Gasteiger partial charge is 0.462 e. The van der Waals surface area contributed by atoms with Crippen LogP contribution in [0.15, 0.2) is 24.3 Å². The monoisotopic (exact) mass is 786 g/mol. The number of allylic oxidation sites excluding steroid dienone is 4. The average Bonchev–Trinajstić information content (AvgIpc) is 3.14. The average molecular weight is 786 g/mol. The summed E-state index contributed by atoms with van der Waals surface area (Å²) in [5.74, 6) is -1.19. The number of amides is 1. The van der Waals surface area contributed by atoms with E-state index in [-0.39, 0.29) is 38.5 Å². The van der Waals surface area contributed by atoms with Crippen molar-refractivity contribution in [1.29, 1.82) is 0 Å². The van der Waals surface area contributed by atoms with E-state index in [9.17, 15) is 23.8 Å². The first-order valence-electron chi connectivity index (χ1n) is 21.7. The molecule has 54 heavy (non-hydrogen) atoms. The van der Waals surface area contributed by atoms with Gasteiger partial charge in [-0.15, -0.1) is 0 Å². The number of rotatable bonds is 40. The Morgan fingerprint density at radius 1 is 0.574 bits per heavy atom. The molecule has 0 rings (SSSR count). The molecule has 10 nitrogen and oxygen atoms in total. The van der Waals surface area contributed by atoms with Gasteiger partial charge in [-0.3, -0.25) is 23.4 Å². The summed E-state index contributed by atoms with van der Waals surface area (Å²) in [6.45, 7) is 4.84. The van der Waals surface area contributed by atoms with Crippen molar-refractivity contribution in [2.24, 2.45) is 0 Å². The first-order valence-corrected chi connectivity index (χ1v) is 23.2. The van der Waals surface area contributed by atoms with Crippen LogP contribution in [0.4, 0.5) is 0 Å². The fourth-order valence-corrected chi connectivity index (χ4v) is 6.65. The Bertz CT molecular complexity index is 1000. The number of nitrogens with one attached hydrogen (secondary N) is 1. The van der Waals surface area contributed by atoms with Gasteiger partial charge in [0, 0.05) is 26.3 Å². The van der Waals surface area contributed by atoms with Gasteiger partial charge in [0.25, 0.3) is 0 Å². The number of phosphoric acid groups is 1. The summed E-state index contributed by atoms with van der Waals surface area (Å²) in [6, 6.07) is 0. The van der Waals surface area contributed by atoms with E-state index < -0.39 is 32.5 Å². The molecule has 2 unspecified atom stereocenters. The minimum atomic E-state index is -4.49. The van der Waals surface area contributed by atoms with Crippen LogP contribution < -0.4 is 5.32 Å². The summed E-state index contributed by atoms with van der Waals surface area (Å²) in [7, 11) is -4.49. The predicted molar refractivity (Wildman–Crippen MR) is 220 cm³/mol. The molecule has 0 aromatic rings. The molecule has 0 saturated heterocycles. The number of hydrogen-bond donors (Lipinski definition) is 2. The Hall–Kier alpha value is -2.00. The lowest BCUT2D eigenvalue weighted by molar-refractivity contribution is -0.161. The zero-order chi connectivity index (χ0) is 39.8. The summed E-state index contributed by atoms with van der Waals surface area (Å²) in [4.78, 5) is 46.1. The number of carbonyl (C=O) groups excluding carboxylic acids is 3. The van der Waals surface area contributed by atoms with Crippen LogP contribution in [0.2, 0.25) is 0 Å². The molecule has 11 heteroatoms. The molecule has 316 valence electrons. The Morgan fingerprint density at radius 3 is 1.43 bits per heavy atom. The lowest BCUT2D eigenvalue weighted by Gasteiger charge is -2.20. The lowest BCUT2D eigenvalue weighted by Crippen LogP contribution is -2.30. The van der Waals surface area contributed by atoms with Crippen LogP contribution in [0.5, 0.6) is 0 Å². The molecule has 0 bridgehead atoms. The first kappa shape index (κ1) is 52.0. The van der Waals surface area contributed by atoms with Crippen molar-refractivity contribution in [1.82, 2.24) is 5.32 Å². The van der Waals surface area contributed by atoms with E-state index in [0.717, 1.165) is 64.2 Å². The zero-order valence-electron chi connectivity index (χ0n) is 34.7. The van der Waals surface area contributed by atoms with Crippen molar-refractivity contribution in [3.05, 3.63) is 24.3 Å². The summed E-state index contributed by atoms with van der Waals surface area (Å²) in [6.07, 6.45) is 38.8. The van der Waals surface area contributed by atoms with Crippen LogP contribution >= 0.6 is 7.82 Å². The van der Waals surface area contributed by atoms with Gasteiger partial charge >= 0.3 is 19.8 Å². The fraction of sp³-hybridized carbons (Fsp3) is 0.837. The third kappa shape index (κ3) is 39.7. The molecular formula is C43H80NO9P. The van der Waals surface area contributed by atoms with Crippen LogP contribution in [0.3, 0.4) is 0 Å². The second-order valence-corrected chi connectivity index (χ2v) is 16.0. The van der Waals surface area contributed by atoms with Crippen molar-refractivity contribution >= 4 is 25.7 Å². The third-order valence-corrected chi connectivity index (χ3v) is 10.2.